The summed E-state index contributed by atoms with van der Waals surface area (Å²) in [6.45, 7) is 27.7. The van der Waals surface area contributed by atoms with E-state index in [1.807, 2.05) is 0 Å². The Labute approximate surface area is 368 Å². The molecule has 0 unspecified atom stereocenters. The van der Waals surface area contributed by atoms with Crippen LogP contribution < -0.4 is 24.8 Å². The molecule has 6 aromatic rings. The van der Waals surface area contributed by atoms with Crippen molar-refractivity contribution in [2.45, 2.75) is 131 Å². The summed E-state index contributed by atoms with van der Waals surface area (Å²) in [6.07, 6.45) is 5.44. The molecule has 0 aliphatic heterocycles. The quantitative estimate of drug-likeness (QED) is 0.0801. The maximum absolute atomic E-state index is 5.67. The van der Waals surface area contributed by atoms with Crippen LogP contribution >= 0.6 is 0 Å². The molecule has 5 heteroatoms. The molecule has 0 heterocycles. The molecular weight excluding hydrogens is 819 g/mol. The third kappa shape index (κ3) is 15.5. The van der Waals surface area contributed by atoms with Gasteiger partial charge >= 0.3 is 105 Å². The van der Waals surface area contributed by atoms with Gasteiger partial charge in [0.1, 0.15) is 0 Å². The van der Waals surface area contributed by atoms with Crippen molar-refractivity contribution in [3.63, 3.8) is 0 Å². The number of unbranched alkanes of at least 4 members (excludes halogenated alkanes) is 3. The molecule has 0 N–H and O–H groups in total. The molecule has 0 aliphatic carbocycles. The molecule has 300 valence electrons. The van der Waals surface area contributed by atoms with E-state index in [0.717, 1.165) is 6.61 Å². The molecule has 6 aromatic carbocycles. The van der Waals surface area contributed by atoms with Crippen LogP contribution in [0, 0.1) is 13.8 Å². The van der Waals surface area contributed by atoms with Gasteiger partial charge in [-0.1, -0.05) is 137 Å². The number of hydrogen-bond acceptors (Lipinski definition) is 1. The monoisotopic (exact) mass is 882 g/mol. The van der Waals surface area contributed by atoms with Gasteiger partial charge in [0.25, 0.3) is 0 Å². The maximum Gasteiger partial charge on any atom is -0.0132 e. The third-order valence-electron chi connectivity index (χ3n) is 10.0. The van der Waals surface area contributed by atoms with Crippen LogP contribution in [-0.4, -0.2) is 17.6 Å². The van der Waals surface area contributed by atoms with Crippen LogP contribution in [0.2, 0.25) is 12.6 Å². The van der Waals surface area contributed by atoms with Gasteiger partial charge in [-0.15, -0.1) is 69.1 Å². The first kappa shape index (κ1) is 49.9. The summed E-state index contributed by atoms with van der Waals surface area (Å²) in [6, 6.07) is 41.5. The molecule has 0 fully saturated rings. The Kier molecular flexibility index (Phi) is 19.8. The van der Waals surface area contributed by atoms with Gasteiger partial charge in [0.05, 0.1) is 0 Å². The minimum atomic E-state index is 0. The standard InChI is InChI=1S/2C20H21.C11H24OSi.2ClH.Zr/c2*1-14-11-18(20(2,3)4)9-10-19(14)17-12-15-7-5-6-8-16(15)13-17;1-11(2,3)12-9-7-5-6-8-10-13-4;;;/h2*5-13H,1-4H3;5-10H2,1-4H3;2*1H;/q2*-1;;;;+2/p-2. The van der Waals surface area contributed by atoms with Crippen LogP contribution in [0.5, 0.6) is 0 Å². The summed E-state index contributed by atoms with van der Waals surface area (Å²) < 4.78 is 5.67. The molecule has 0 saturated carbocycles. The van der Waals surface area contributed by atoms with Gasteiger partial charge < -0.3 is 24.8 Å². The number of rotatable bonds is 9. The number of hydrogen-bond donors (Lipinski definition) is 0. The van der Waals surface area contributed by atoms with E-state index in [0.29, 0.717) is 0 Å². The van der Waals surface area contributed by atoms with Crippen molar-refractivity contribution < 1.29 is 52.9 Å². The second-order valence-corrected chi connectivity index (χ2v) is 26.6. The van der Waals surface area contributed by atoms with Crippen molar-refractivity contribution in [2.75, 3.05) is 6.61 Å². The van der Waals surface area contributed by atoms with Crippen LogP contribution in [0.4, 0.5) is 0 Å². The van der Waals surface area contributed by atoms with Gasteiger partial charge in [-0.3, -0.25) is 0 Å². The molecule has 0 bridgehead atoms. The summed E-state index contributed by atoms with van der Waals surface area (Å²) in [5.74, 6) is 0. The summed E-state index contributed by atoms with van der Waals surface area (Å²) in [5.41, 5.74) is 11.4. The Balaban J connectivity index is 0.000000291. The van der Waals surface area contributed by atoms with E-state index in [-0.39, 0.29) is 46.7 Å². The zero-order chi connectivity index (χ0) is 39.7. The van der Waals surface area contributed by atoms with E-state index < -0.39 is 0 Å². The van der Waals surface area contributed by atoms with Crippen molar-refractivity contribution in [3.8, 4) is 22.3 Å². The summed E-state index contributed by atoms with van der Waals surface area (Å²) >= 11 is 1.79. The van der Waals surface area contributed by atoms with E-state index in [9.17, 15) is 0 Å². The predicted octanol–water partition coefficient (Wildman–Crippen LogP) is 9.20. The molecule has 6 rings (SSSR count). The number of aryl methyl sites for hydroxylation is 2. The minimum absolute atomic E-state index is 0. The second kappa shape index (κ2) is 22.2. The van der Waals surface area contributed by atoms with Gasteiger partial charge in [-0.25, -0.2) is 0 Å². The second-order valence-electron chi connectivity index (χ2n) is 18.2. The van der Waals surface area contributed by atoms with E-state index in [4.69, 9.17) is 4.74 Å². The molecule has 0 amide bonds. The molecule has 0 spiro atoms. The first-order valence-corrected chi connectivity index (χ1v) is 25.9. The SMILES string of the molecule is C[Si](=[Zr+2])CCCCCCOC(C)(C)C.Cc1cc(C(C)(C)C)ccc1-c1cc2ccccc2[cH-]1.Cc1cc(C(C)(C)C)ccc1-c1cc2ccccc2[cH-]1.[Cl-].[Cl-]. The third-order valence-corrected chi connectivity index (χ3v) is 13.0. The minimum Gasteiger partial charge on any atom is -1.00 e. The van der Waals surface area contributed by atoms with Crippen LogP contribution in [0.25, 0.3) is 43.8 Å². The molecular formula is C51H66Cl2OSiZr-2. The fraction of sp³-hybridized carbons (Fsp3) is 0.412. The van der Waals surface area contributed by atoms with Gasteiger partial charge in [0, 0.05) is 0 Å². The van der Waals surface area contributed by atoms with Gasteiger partial charge in [-0.05, 0) is 35.8 Å². The number of halogens is 2. The van der Waals surface area contributed by atoms with Gasteiger partial charge in [-0.2, -0.15) is 0 Å². The van der Waals surface area contributed by atoms with Crippen LogP contribution in [0.1, 0.15) is 110 Å². The first-order valence-electron chi connectivity index (χ1n) is 20.0. The van der Waals surface area contributed by atoms with Crippen LogP contribution in [0.3, 0.4) is 0 Å². The largest absolute Gasteiger partial charge is 1.00 e. The van der Waals surface area contributed by atoms with Gasteiger partial charge in [0.15, 0.2) is 0 Å². The molecule has 1 nitrogen and oxygen atoms in total. The Bertz CT molecular complexity index is 1920. The molecule has 0 radical (unpaired) electrons. The van der Waals surface area contributed by atoms with E-state index in [1.165, 1.54) is 97.8 Å². The average molecular weight is 885 g/mol. The summed E-state index contributed by atoms with van der Waals surface area (Å²) in [4.78, 5) is 0. The number of fused-ring (bicyclic) bond motifs is 2. The zero-order valence-electron chi connectivity index (χ0n) is 36.3. The van der Waals surface area contributed by atoms with Crippen LogP contribution in [-0.2, 0) is 38.9 Å². The van der Waals surface area contributed by atoms with E-state index >= 15 is 0 Å². The van der Waals surface area contributed by atoms with Crippen molar-refractivity contribution >= 4 is 27.0 Å². The van der Waals surface area contributed by atoms with Crippen molar-refractivity contribution in [3.05, 3.63) is 131 Å². The van der Waals surface area contributed by atoms with Crippen molar-refractivity contribution in [2.24, 2.45) is 0 Å². The summed E-state index contributed by atoms with van der Waals surface area (Å²) in [5, 5.41) is 5.28. The molecule has 56 heavy (non-hydrogen) atoms. The fourth-order valence-electron chi connectivity index (χ4n) is 6.74. The number of benzene rings is 4. The molecule has 0 aliphatic rings. The number of ether oxygens (including phenoxy) is 1. The van der Waals surface area contributed by atoms with Crippen molar-refractivity contribution in [1.29, 1.82) is 0 Å². The molecule has 0 aromatic heterocycles. The Morgan fingerprint density at radius 2 is 0.964 bits per heavy atom. The Morgan fingerprint density at radius 1 is 0.554 bits per heavy atom. The maximum atomic E-state index is 5.67. The average Bonchev–Trinajstić information content (AvgIpc) is 3.71. The smallest absolute Gasteiger partial charge is 0.0132 e. The fourth-order valence-corrected chi connectivity index (χ4v) is 8.83. The van der Waals surface area contributed by atoms with Crippen molar-refractivity contribution in [1.82, 2.24) is 0 Å². The Morgan fingerprint density at radius 3 is 1.32 bits per heavy atom. The Hall–Kier alpha value is -2.26. The topological polar surface area (TPSA) is 9.23 Å². The van der Waals surface area contributed by atoms with Gasteiger partial charge in [0.2, 0.25) is 0 Å². The van der Waals surface area contributed by atoms with E-state index in [1.54, 1.807) is 23.3 Å². The first-order chi connectivity index (χ1) is 25.3. The molecule has 0 atom stereocenters. The summed E-state index contributed by atoms with van der Waals surface area (Å²) in [7, 11) is 0. The predicted molar refractivity (Wildman–Crippen MR) is 237 cm³/mol. The van der Waals surface area contributed by atoms with E-state index in [2.05, 4.69) is 192 Å². The zero-order valence-corrected chi connectivity index (χ0v) is 41.3. The normalized spacial score (nSPS) is 11.5. The molecule has 0 saturated heterocycles. The van der Waals surface area contributed by atoms with Crippen LogP contribution in [0.15, 0.2) is 109 Å².